The molecule has 0 atom stereocenters. The first-order valence-corrected chi connectivity index (χ1v) is 5.86. The smallest absolute Gasteiger partial charge is 0.157 e. The van der Waals surface area contributed by atoms with E-state index >= 15 is 0 Å². The highest BCUT2D eigenvalue weighted by molar-refractivity contribution is 6.32. The first-order valence-electron chi connectivity index (χ1n) is 5.48. The Morgan fingerprint density at radius 1 is 1.31 bits per heavy atom. The molecule has 16 heavy (non-hydrogen) atoms. The lowest BCUT2D eigenvalue weighted by atomic mass is 10.1. The van der Waals surface area contributed by atoms with Crippen LogP contribution < -0.4 is 11.1 Å². The van der Waals surface area contributed by atoms with Gasteiger partial charge in [-0.25, -0.2) is 9.97 Å². The Hall–Kier alpha value is -1.03. The second-order valence-corrected chi connectivity index (χ2v) is 5.64. The SMILES string of the molecule is CC(C)(C)Nc1nc(C2CC2)nc(Cl)c1N. The van der Waals surface area contributed by atoms with E-state index in [1.54, 1.807) is 0 Å². The zero-order valence-corrected chi connectivity index (χ0v) is 10.6. The highest BCUT2D eigenvalue weighted by atomic mass is 35.5. The lowest BCUT2D eigenvalue weighted by molar-refractivity contribution is 0.629. The van der Waals surface area contributed by atoms with E-state index in [1.165, 1.54) is 0 Å². The molecule has 0 radical (unpaired) electrons. The number of aromatic nitrogens is 2. The summed E-state index contributed by atoms with van der Waals surface area (Å²) < 4.78 is 0. The van der Waals surface area contributed by atoms with E-state index in [2.05, 4.69) is 36.1 Å². The molecule has 1 aromatic heterocycles. The summed E-state index contributed by atoms with van der Waals surface area (Å²) in [6.07, 6.45) is 2.30. The molecule has 1 aliphatic carbocycles. The van der Waals surface area contributed by atoms with Crippen LogP contribution in [0.1, 0.15) is 45.4 Å². The van der Waals surface area contributed by atoms with Gasteiger partial charge in [0.25, 0.3) is 0 Å². The largest absolute Gasteiger partial charge is 0.393 e. The summed E-state index contributed by atoms with van der Waals surface area (Å²) in [7, 11) is 0. The molecule has 0 saturated heterocycles. The molecule has 0 spiro atoms. The fourth-order valence-corrected chi connectivity index (χ4v) is 1.61. The van der Waals surface area contributed by atoms with Gasteiger partial charge in [0.05, 0.1) is 0 Å². The van der Waals surface area contributed by atoms with Gasteiger partial charge in [0.15, 0.2) is 11.0 Å². The van der Waals surface area contributed by atoms with Gasteiger partial charge in [-0.05, 0) is 33.6 Å². The third kappa shape index (κ3) is 2.55. The Morgan fingerprint density at radius 2 is 1.94 bits per heavy atom. The van der Waals surface area contributed by atoms with Gasteiger partial charge in [0.1, 0.15) is 11.5 Å². The van der Waals surface area contributed by atoms with Crippen LogP contribution in [0.25, 0.3) is 0 Å². The van der Waals surface area contributed by atoms with Crippen molar-refractivity contribution in [2.75, 3.05) is 11.1 Å². The molecule has 3 N–H and O–H groups in total. The van der Waals surface area contributed by atoms with Crippen LogP contribution in [0.5, 0.6) is 0 Å². The molecule has 0 amide bonds. The van der Waals surface area contributed by atoms with Crippen molar-refractivity contribution >= 4 is 23.1 Å². The fourth-order valence-electron chi connectivity index (χ4n) is 1.43. The van der Waals surface area contributed by atoms with E-state index in [4.69, 9.17) is 17.3 Å². The molecule has 1 fully saturated rings. The molecule has 4 nitrogen and oxygen atoms in total. The van der Waals surface area contributed by atoms with Crippen LogP contribution in [-0.2, 0) is 0 Å². The van der Waals surface area contributed by atoms with Gasteiger partial charge in [-0.2, -0.15) is 0 Å². The van der Waals surface area contributed by atoms with Crippen molar-refractivity contribution in [3.8, 4) is 0 Å². The zero-order chi connectivity index (χ0) is 11.9. The number of nitrogen functional groups attached to an aromatic ring is 1. The minimum Gasteiger partial charge on any atom is -0.393 e. The lowest BCUT2D eigenvalue weighted by Crippen LogP contribution is -2.27. The molecular formula is C11H17ClN4. The number of halogens is 1. The molecule has 88 valence electrons. The Bertz CT molecular complexity index is 407. The van der Waals surface area contributed by atoms with Gasteiger partial charge < -0.3 is 11.1 Å². The van der Waals surface area contributed by atoms with Crippen molar-refractivity contribution < 1.29 is 0 Å². The molecule has 1 saturated carbocycles. The van der Waals surface area contributed by atoms with E-state index in [0.29, 0.717) is 22.6 Å². The molecule has 1 aromatic rings. The molecule has 0 aliphatic heterocycles. The maximum atomic E-state index is 6.00. The number of nitrogens with zero attached hydrogens (tertiary/aromatic N) is 2. The summed E-state index contributed by atoms with van der Waals surface area (Å²) in [5, 5.41) is 3.60. The predicted octanol–water partition coefficient (Wildman–Crippen LogP) is 2.80. The van der Waals surface area contributed by atoms with Gasteiger partial charge >= 0.3 is 0 Å². The average Bonchev–Trinajstić information content (AvgIpc) is 2.93. The van der Waals surface area contributed by atoms with Gasteiger partial charge in [0.2, 0.25) is 0 Å². The van der Waals surface area contributed by atoms with Crippen LogP contribution in [0.4, 0.5) is 11.5 Å². The van der Waals surface area contributed by atoms with Crippen molar-refractivity contribution in [3.05, 3.63) is 11.0 Å². The van der Waals surface area contributed by atoms with E-state index in [9.17, 15) is 0 Å². The quantitative estimate of drug-likeness (QED) is 0.781. The molecule has 0 bridgehead atoms. The Balaban J connectivity index is 2.34. The van der Waals surface area contributed by atoms with Gasteiger partial charge in [-0.15, -0.1) is 0 Å². The second kappa shape index (κ2) is 3.77. The summed E-state index contributed by atoms with van der Waals surface area (Å²) in [4.78, 5) is 8.66. The standard InChI is InChI=1S/C11H17ClN4/c1-11(2,3)16-10-7(13)8(12)14-9(15-10)6-4-5-6/h6H,4-5,13H2,1-3H3,(H,14,15,16). The van der Waals surface area contributed by atoms with Gasteiger partial charge in [-0.1, -0.05) is 11.6 Å². The molecule has 1 aliphatic rings. The molecule has 0 aromatic carbocycles. The molecule has 5 heteroatoms. The predicted molar refractivity (Wildman–Crippen MR) is 66.8 cm³/mol. The third-order valence-electron chi connectivity index (χ3n) is 2.35. The normalized spacial score (nSPS) is 16.2. The first kappa shape index (κ1) is 11.5. The fraction of sp³-hybridized carbons (Fsp3) is 0.636. The maximum Gasteiger partial charge on any atom is 0.157 e. The van der Waals surface area contributed by atoms with Crippen LogP contribution in [0.2, 0.25) is 5.15 Å². The van der Waals surface area contributed by atoms with Crippen molar-refractivity contribution in [1.29, 1.82) is 0 Å². The summed E-state index contributed by atoms with van der Waals surface area (Å²) in [5.74, 6) is 1.93. The molecular weight excluding hydrogens is 224 g/mol. The van der Waals surface area contributed by atoms with E-state index in [-0.39, 0.29) is 5.54 Å². The Morgan fingerprint density at radius 3 is 2.44 bits per heavy atom. The maximum absolute atomic E-state index is 6.00. The highest BCUT2D eigenvalue weighted by Gasteiger charge is 2.28. The number of hydrogen-bond acceptors (Lipinski definition) is 4. The van der Waals surface area contributed by atoms with E-state index in [0.717, 1.165) is 18.7 Å². The van der Waals surface area contributed by atoms with Crippen LogP contribution >= 0.6 is 11.6 Å². The van der Waals surface area contributed by atoms with Crippen LogP contribution in [0.15, 0.2) is 0 Å². The summed E-state index contributed by atoms with van der Waals surface area (Å²) in [6, 6.07) is 0. The van der Waals surface area contributed by atoms with E-state index < -0.39 is 0 Å². The number of hydrogen-bond donors (Lipinski definition) is 2. The number of anilines is 2. The summed E-state index contributed by atoms with van der Waals surface area (Å²) in [6.45, 7) is 6.16. The van der Waals surface area contributed by atoms with Crippen molar-refractivity contribution in [2.45, 2.75) is 45.1 Å². The first-order chi connectivity index (χ1) is 7.37. The third-order valence-corrected chi connectivity index (χ3v) is 2.64. The highest BCUT2D eigenvalue weighted by Crippen LogP contribution is 2.40. The molecule has 1 heterocycles. The topological polar surface area (TPSA) is 63.8 Å². The van der Waals surface area contributed by atoms with Crippen LogP contribution in [-0.4, -0.2) is 15.5 Å². The monoisotopic (exact) mass is 240 g/mol. The van der Waals surface area contributed by atoms with Crippen molar-refractivity contribution in [1.82, 2.24) is 9.97 Å². The van der Waals surface area contributed by atoms with Crippen LogP contribution in [0, 0.1) is 0 Å². The second-order valence-electron chi connectivity index (χ2n) is 5.28. The molecule has 2 rings (SSSR count). The van der Waals surface area contributed by atoms with Crippen molar-refractivity contribution in [2.24, 2.45) is 0 Å². The Kier molecular flexibility index (Phi) is 2.70. The summed E-state index contributed by atoms with van der Waals surface area (Å²) in [5.41, 5.74) is 6.20. The van der Waals surface area contributed by atoms with Gasteiger partial charge in [-0.3, -0.25) is 0 Å². The van der Waals surface area contributed by atoms with Crippen molar-refractivity contribution in [3.63, 3.8) is 0 Å². The summed E-state index contributed by atoms with van der Waals surface area (Å²) >= 11 is 6.00. The van der Waals surface area contributed by atoms with E-state index in [1.807, 2.05) is 0 Å². The lowest BCUT2D eigenvalue weighted by Gasteiger charge is -2.22. The number of rotatable bonds is 2. The van der Waals surface area contributed by atoms with Crippen LogP contribution in [0.3, 0.4) is 0 Å². The average molecular weight is 241 g/mol. The Labute approximate surface area is 101 Å². The number of nitrogens with one attached hydrogen (secondary N) is 1. The minimum absolute atomic E-state index is 0.0907. The zero-order valence-electron chi connectivity index (χ0n) is 9.84. The number of nitrogens with two attached hydrogens (primary N) is 1. The molecule has 0 unspecified atom stereocenters. The minimum atomic E-state index is -0.0907. The van der Waals surface area contributed by atoms with Gasteiger partial charge in [0, 0.05) is 11.5 Å².